The Morgan fingerprint density at radius 2 is 2.24 bits per heavy atom. The minimum Gasteiger partial charge on any atom is -0.491 e. The van der Waals surface area contributed by atoms with Crippen LogP contribution in [-0.2, 0) is 0 Å². The SMILES string of the molecule is CCC(N)CCN1CCCOc2ccccc21. The number of hydrogen-bond donors (Lipinski definition) is 1. The van der Waals surface area contributed by atoms with Gasteiger partial charge in [-0.3, -0.25) is 0 Å². The second kappa shape index (κ2) is 5.92. The van der Waals surface area contributed by atoms with Crippen LogP contribution in [0.1, 0.15) is 26.2 Å². The van der Waals surface area contributed by atoms with Gasteiger partial charge in [-0.05, 0) is 31.4 Å². The molecule has 1 aromatic rings. The van der Waals surface area contributed by atoms with E-state index in [-0.39, 0.29) is 0 Å². The summed E-state index contributed by atoms with van der Waals surface area (Å²) in [6.45, 7) is 5.04. The summed E-state index contributed by atoms with van der Waals surface area (Å²) in [4.78, 5) is 2.40. The molecule has 1 aromatic carbocycles. The first-order chi connectivity index (χ1) is 8.31. The fourth-order valence-corrected chi connectivity index (χ4v) is 2.16. The standard InChI is InChI=1S/C14H22N2O/c1-2-12(15)8-10-16-9-5-11-17-14-7-4-3-6-13(14)16/h3-4,6-7,12H,2,5,8-11,15H2,1H3. The Hall–Kier alpha value is -1.22. The van der Waals surface area contributed by atoms with Crippen molar-refractivity contribution in [3.63, 3.8) is 0 Å². The van der Waals surface area contributed by atoms with Crippen molar-refractivity contribution in [2.75, 3.05) is 24.6 Å². The molecule has 3 nitrogen and oxygen atoms in total. The van der Waals surface area contributed by atoms with Crippen LogP contribution in [-0.4, -0.2) is 25.7 Å². The lowest BCUT2D eigenvalue weighted by atomic mass is 10.1. The molecule has 3 heteroatoms. The Bertz CT molecular complexity index is 354. The van der Waals surface area contributed by atoms with Gasteiger partial charge in [0.1, 0.15) is 5.75 Å². The lowest BCUT2D eigenvalue weighted by Gasteiger charge is -2.25. The minimum absolute atomic E-state index is 0.311. The molecule has 1 unspecified atom stereocenters. The number of nitrogens with two attached hydrogens (primary N) is 1. The molecule has 0 bridgehead atoms. The highest BCUT2D eigenvalue weighted by Crippen LogP contribution is 2.30. The fraction of sp³-hybridized carbons (Fsp3) is 0.571. The highest BCUT2D eigenvalue weighted by molar-refractivity contribution is 5.58. The number of nitrogens with zero attached hydrogens (tertiary/aromatic N) is 1. The first-order valence-electron chi connectivity index (χ1n) is 6.53. The molecule has 0 spiro atoms. The molecule has 0 saturated carbocycles. The third-order valence-corrected chi connectivity index (χ3v) is 3.33. The first kappa shape index (κ1) is 12.2. The number of anilines is 1. The van der Waals surface area contributed by atoms with Gasteiger partial charge in [0.25, 0.3) is 0 Å². The first-order valence-corrected chi connectivity index (χ1v) is 6.53. The predicted octanol–water partition coefficient (Wildman–Crippen LogP) is 2.40. The summed E-state index contributed by atoms with van der Waals surface area (Å²) in [6, 6.07) is 8.60. The van der Waals surface area contributed by atoms with Crippen molar-refractivity contribution >= 4 is 5.69 Å². The third-order valence-electron chi connectivity index (χ3n) is 3.33. The Morgan fingerprint density at radius 1 is 1.41 bits per heavy atom. The maximum absolute atomic E-state index is 5.99. The van der Waals surface area contributed by atoms with Crippen molar-refractivity contribution in [1.29, 1.82) is 0 Å². The van der Waals surface area contributed by atoms with E-state index in [1.807, 2.05) is 12.1 Å². The molecule has 1 aliphatic heterocycles. The second-order valence-corrected chi connectivity index (χ2v) is 4.61. The van der Waals surface area contributed by atoms with E-state index in [1.165, 1.54) is 5.69 Å². The third kappa shape index (κ3) is 3.13. The Kier molecular flexibility index (Phi) is 4.26. The van der Waals surface area contributed by atoms with E-state index in [9.17, 15) is 0 Å². The molecule has 0 aliphatic carbocycles. The summed E-state index contributed by atoms with van der Waals surface area (Å²) in [7, 11) is 0. The van der Waals surface area contributed by atoms with Crippen molar-refractivity contribution < 1.29 is 4.74 Å². The van der Waals surface area contributed by atoms with Crippen LogP contribution in [0.25, 0.3) is 0 Å². The number of rotatable bonds is 4. The topological polar surface area (TPSA) is 38.5 Å². The van der Waals surface area contributed by atoms with E-state index in [0.717, 1.165) is 44.7 Å². The molecule has 2 rings (SSSR count). The molecular weight excluding hydrogens is 212 g/mol. The average Bonchev–Trinajstić information content (AvgIpc) is 2.58. The van der Waals surface area contributed by atoms with Crippen LogP contribution in [0, 0.1) is 0 Å². The van der Waals surface area contributed by atoms with Gasteiger partial charge >= 0.3 is 0 Å². The number of para-hydroxylation sites is 2. The molecular formula is C14H22N2O. The Labute approximate surface area is 104 Å². The van der Waals surface area contributed by atoms with Crippen LogP contribution < -0.4 is 15.4 Å². The normalized spacial score (nSPS) is 16.9. The monoisotopic (exact) mass is 234 g/mol. The van der Waals surface area contributed by atoms with Gasteiger partial charge < -0.3 is 15.4 Å². The van der Waals surface area contributed by atoms with E-state index >= 15 is 0 Å². The molecule has 1 atom stereocenters. The molecule has 0 radical (unpaired) electrons. The summed E-state index contributed by atoms with van der Waals surface area (Å²) in [5, 5.41) is 0. The van der Waals surface area contributed by atoms with Gasteiger partial charge in [-0.2, -0.15) is 0 Å². The number of fused-ring (bicyclic) bond motifs is 1. The van der Waals surface area contributed by atoms with E-state index < -0.39 is 0 Å². The van der Waals surface area contributed by atoms with Crippen LogP contribution in [0.3, 0.4) is 0 Å². The molecule has 2 N–H and O–H groups in total. The van der Waals surface area contributed by atoms with Crippen molar-refractivity contribution in [3.05, 3.63) is 24.3 Å². The zero-order valence-electron chi connectivity index (χ0n) is 10.6. The number of ether oxygens (including phenoxy) is 1. The number of benzene rings is 1. The van der Waals surface area contributed by atoms with Crippen molar-refractivity contribution in [2.24, 2.45) is 5.73 Å². The lowest BCUT2D eigenvalue weighted by molar-refractivity contribution is 0.322. The largest absolute Gasteiger partial charge is 0.491 e. The molecule has 0 aromatic heterocycles. The summed E-state index contributed by atoms with van der Waals surface area (Å²) in [5.74, 6) is 1.01. The average molecular weight is 234 g/mol. The van der Waals surface area contributed by atoms with Gasteiger partial charge in [-0.25, -0.2) is 0 Å². The van der Waals surface area contributed by atoms with E-state index in [0.29, 0.717) is 6.04 Å². The summed E-state index contributed by atoms with van der Waals surface area (Å²) in [6.07, 6.45) is 3.17. The molecule has 17 heavy (non-hydrogen) atoms. The Balaban J connectivity index is 2.06. The molecule has 94 valence electrons. The molecule has 0 saturated heterocycles. The smallest absolute Gasteiger partial charge is 0.142 e. The van der Waals surface area contributed by atoms with Gasteiger partial charge in [-0.15, -0.1) is 0 Å². The van der Waals surface area contributed by atoms with E-state index in [2.05, 4.69) is 24.0 Å². The van der Waals surface area contributed by atoms with Crippen molar-refractivity contribution in [2.45, 2.75) is 32.2 Å². The van der Waals surface area contributed by atoms with Crippen LogP contribution >= 0.6 is 0 Å². The fourth-order valence-electron chi connectivity index (χ4n) is 2.16. The Morgan fingerprint density at radius 3 is 3.06 bits per heavy atom. The van der Waals surface area contributed by atoms with Crippen LogP contribution in [0.2, 0.25) is 0 Å². The van der Waals surface area contributed by atoms with Gasteiger partial charge in [0.05, 0.1) is 12.3 Å². The zero-order chi connectivity index (χ0) is 12.1. The quantitative estimate of drug-likeness (QED) is 0.869. The number of hydrogen-bond acceptors (Lipinski definition) is 3. The van der Waals surface area contributed by atoms with Crippen LogP contribution in [0.5, 0.6) is 5.75 Å². The molecule has 1 heterocycles. The maximum Gasteiger partial charge on any atom is 0.142 e. The van der Waals surface area contributed by atoms with Crippen molar-refractivity contribution in [1.82, 2.24) is 0 Å². The summed E-state index contributed by atoms with van der Waals surface area (Å²) < 4.78 is 5.74. The highest BCUT2D eigenvalue weighted by Gasteiger charge is 2.15. The predicted molar refractivity (Wildman–Crippen MR) is 71.7 cm³/mol. The lowest BCUT2D eigenvalue weighted by Crippen LogP contribution is -2.30. The van der Waals surface area contributed by atoms with Gasteiger partial charge in [0.2, 0.25) is 0 Å². The van der Waals surface area contributed by atoms with Crippen LogP contribution in [0.4, 0.5) is 5.69 Å². The maximum atomic E-state index is 5.99. The molecule has 0 amide bonds. The molecule has 1 aliphatic rings. The van der Waals surface area contributed by atoms with E-state index in [1.54, 1.807) is 0 Å². The van der Waals surface area contributed by atoms with Gasteiger partial charge in [0.15, 0.2) is 0 Å². The van der Waals surface area contributed by atoms with E-state index in [4.69, 9.17) is 10.5 Å². The minimum atomic E-state index is 0.311. The summed E-state index contributed by atoms with van der Waals surface area (Å²) in [5.41, 5.74) is 7.21. The zero-order valence-corrected chi connectivity index (χ0v) is 10.6. The van der Waals surface area contributed by atoms with Gasteiger partial charge in [-0.1, -0.05) is 19.1 Å². The van der Waals surface area contributed by atoms with Crippen molar-refractivity contribution in [3.8, 4) is 5.75 Å². The van der Waals surface area contributed by atoms with Gasteiger partial charge in [0, 0.05) is 19.1 Å². The summed E-state index contributed by atoms with van der Waals surface area (Å²) >= 11 is 0. The molecule has 0 fully saturated rings. The highest BCUT2D eigenvalue weighted by atomic mass is 16.5. The van der Waals surface area contributed by atoms with Crippen LogP contribution in [0.15, 0.2) is 24.3 Å². The second-order valence-electron chi connectivity index (χ2n) is 4.61.